The first kappa shape index (κ1) is 7.72. The number of pyridine rings is 1. The van der Waals surface area contributed by atoms with Gasteiger partial charge in [-0.1, -0.05) is 6.07 Å². The van der Waals surface area contributed by atoms with Gasteiger partial charge in [0.05, 0.1) is 12.2 Å². The number of hydrogen-bond donors (Lipinski definition) is 1. The van der Waals surface area contributed by atoms with Crippen LogP contribution in [0.1, 0.15) is 11.3 Å². The quantitative estimate of drug-likeness (QED) is 0.642. The molecule has 1 heterocycles. The number of carbonyl (C=O) groups excluding carboxylic acids is 1. The Morgan fingerprint density at radius 3 is 3.18 bits per heavy atom. The first-order chi connectivity index (χ1) is 5.34. The average molecular weight is 150 g/mol. The van der Waals surface area contributed by atoms with Gasteiger partial charge >= 0.3 is 0 Å². The van der Waals surface area contributed by atoms with Crippen LogP contribution in [0.5, 0.6) is 0 Å². The van der Waals surface area contributed by atoms with E-state index in [4.69, 9.17) is 0 Å². The van der Waals surface area contributed by atoms with Gasteiger partial charge in [0.25, 0.3) is 0 Å². The van der Waals surface area contributed by atoms with Gasteiger partial charge in [-0.05, 0) is 18.6 Å². The topological polar surface area (TPSA) is 42.0 Å². The van der Waals surface area contributed by atoms with Crippen molar-refractivity contribution in [2.24, 2.45) is 0 Å². The third-order valence-corrected chi connectivity index (χ3v) is 1.47. The number of hydrogen-bond acceptors (Lipinski definition) is 2. The van der Waals surface area contributed by atoms with Crippen LogP contribution < -0.4 is 5.32 Å². The monoisotopic (exact) mass is 150 g/mol. The second kappa shape index (κ2) is 3.71. The van der Waals surface area contributed by atoms with Crippen LogP contribution in [0.4, 0.5) is 0 Å². The fourth-order valence-electron chi connectivity index (χ4n) is 0.842. The van der Waals surface area contributed by atoms with Crippen LogP contribution in [0.2, 0.25) is 0 Å². The van der Waals surface area contributed by atoms with Gasteiger partial charge < -0.3 is 5.32 Å². The molecule has 0 atom stereocenters. The van der Waals surface area contributed by atoms with E-state index in [9.17, 15) is 4.79 Å². The molecule has 1 aromatic rings. The number of amides is 1. The summed E-state index contributed by atoms with van der Waals surface area (Å²) in [5.74, 6) is 0. The Morgan fingerprint density at radius 2 is 2.55 bits per heavy atom. The number of aromatic nitrogens is 1. The molecule has 3 heteroatoms. The Morgan fingerprint density at radius 1 is 1.73 bits per heavy atom. The molecule has 58 valence electrons. The minimum atomic E-state index is 0.510. The Bertz CT molecular complexity index is 248. The van der Waals surface area contributed by atoms with Gasteiger partial charge in [0.15, 0.2) is 0 Å². The Hall–Kier alpha value is -1.38. The predicted octanol–water partition coefficient (Wildman–Crippen LogP) is 0.636. The lowest BCUT2D eigenvalue weighted by atomic mass is 10.2. The standard InChI is InChI=1S/C8H10N2O/c1-7-3-2-4-10-8(7)5-9-6-11/h2-4,6H,5H2,1H3,(H,9,11). The van der Waals surface area contributed by atoms with E-state index in [1.807, 2.05) is 19.1 Å². The molecule has 0 saturated carbocycles. The molecule has 0 aliphatic carbocycles. The van der Waals surface area contributed by atoms with Crippen molar-refractivity contribution in [2.45, 2.75) is 13.5 Å². The van der Waals surface area contributed by atoms with Crippen LogP contribution in [0, 0.1) is 6.92 Å². The lowest BCUT2D eigenvalue weighted by Crippen LogP contribution is -2.11. The molecule has 0 spiro atoms. The van der Waals surface area contributed by atoms with E-state index in [0.29, 0.717) is 13.0 Å². The summed E-state index contributed by atoms with van der Waals surface area (Å²) in [6, 6.07) is 3.84. The van der Waals surface area contributed by atoms with E-state index in [2.05, 4.69) is 10.3 Å². The van der Waals surface area contributed by atoms with Crippen molar-refractivity contribution in [1.29, 1.82) is 0 Å². The van der Waals surface area contributed by atoms with Crippen molar-refractivity contribution in [2.75, 3.05) is 0 Å². The van der Waals surface area contributed by atoms with Crippen molar-refractivity contribution < 1.29 is 4.79 Å². The van der Waals surface area contributed by atoms with E-state index in [1.54, 1.807) is 6.20 Å². The molecule has 1 rings (SSSR count). The smallest absolute Gasteiger partial charge is 0.207 e. The molecule has 11 heavy (non-hydrogen) atoms. The van der Waals surface area contributed by atoms with E-state index in [1.165, 1.54) is 0 Å². The molecule has 1 amide bonds. The highest BCUT2D eigenvalue weighted by Crippen LogP contribution is 2.01. The maximum absolute atomic E-state index is 9.95. The highest BCUT2D eigenvalue weighted by molar-refractivity contribution is 5.46. The van der Waals surface area contributed by atoms with Crippen LogP contribution in [0.15, 0.2) is 18.3 Å². The molecule has 0 aliphatic rings. The lowest BCUT2D eigenvalue weighted by Gasteiger charge is -2.01. The Balaban J connectivity index is 2.69. The van der Waals surface area contributed by atoms with Gasteiger partial charge in [-0.3, -0.25) is 9.78 Å². The number of nitrogens with one attached hydrogen (secondary N) is 1. The third kappa shape index (κ3) is 2.04. The summed E-state index contributed by atoms with van der Waals surface area (Å²) in [4.78, 5) is 14.0. The summed E-state index contributed by atoms with van der Waals surface area (Å²) in [5.41, 5.74) is 2.02. The summed E-state index contributed by atoms with van der Waals surface area (Å²) < 4.78 is 0. The minimum Gasteiger partial charge on any atom is -0.353 e. The molecule has 3 nitrogen and oxygen atoms in total. The summed E-state index contributed by atoms with van der Waals surface area (Å²) in [5, 5.41) is 2.56. The molecular formula is C8H10N2O. The summed E-state index contributed by atoms with van der Waals surface area (Å²) in [7, 11) is 0. The van der Waals surface area contributed by atoms with E-state index < -0.39 is 0 Å². The van der Waals surface area contributed by atoms with Gasteiger partial charge in [0.1, 0.15) is 0 Å². The second-order valence-corrected chi connectivity index (χ2v) is 2.27. The molecular weight excluding hydrogens is 140 g/mol. The number of rotatable bonds is 3. The van der Waals surface area contributed by atoms with Gasteiger partial charge in [-0.25, -0.2) is 0 Å². The molecule has 0 fully saturated rings. The molecule has 0 saturated heterocycles. The van der Waals surface area contributed by atoms with Crippen molar-refractivity contribution >= 4 is 6.41 Å². The molecule has 0 unspecified atom stereocenters. The van der Waals surface area contributed by atoms with Crippen LogP contribution in [0.3, 0.4) is 0 Å². The molecule has 1 N–H and O–H groups in total. The van der Waals surface area contributed by atoms with Crippen LogP contribution in [-0.2, 0) is 11.3 Å². The Kier molecular flexibility index (Phi) is 2.60. The van der Waals surface area contributed by atoms with Gasteiger partial charge in [-0.2, -0.15) is 0 Å². The van der Waals surface area contributed by atoms with Gasteiger partial charge in [-0.15, -0.1) is 0 Å². The highest BCUT2D eigenvalue weighted by Gasteiger charge is 1.95. The first-order valence-corrected chi connectivity index (χ1v) is 3.42. The molecule has 0 aliphatic heterocycles. The van der Waals surface area contributed by atoms with Crippen LogP contribution in [0.25, 0.3) is 0 Å². The predicted molar refractivity (Wildman–Crippen MR) is 41.9 cm³/mol. The van der Waals surface area contributed by atoms with Gasteiger partial charge in [0.2, 0.25) is 6.41 Å². The van der Waals surface area contributed by atoms with Crippen molar-refractivity contribution in [1.82, 2.24) is 10.3 Å². The fourth-order valence-corrected chi connectivity index (χ4v) is 0.842. The van der Waals surface area contributed by atoms with E-state index >= 15 is 0 Å². The average Bonchev–Trinajstić information content (AvgIpc) is 2.03. The highest BCUT2D eigenvalue weighted by atomic mass is 16.1. The zero-order chi connectivity index (χ0) is 8.10. The van der Waals surface area contributed by atoms with Crippen molar-refractivity contribution in [3.05, 3.63) is 29.6 Å². The Labute approximate surface area is 65.5 Å². The largest absolute Gasteiger partial charge is 0.353 e. The lowest BCUT2D eigenvalue weighted by molar-refractivity contribution is -0.109. The van der Waals surface area contributed by atoms with Crippen molar-refractivity contribution in [3.63, 3.8) is 0 Å². The van der Waals surface area contributed by atoms with E-state index in [-0.39, 0.29) is 0 Å². The minimum absolute atomic E-state index is 0.510. The molecule has 0 radical (unpaired) electrons. The number of nitrogens with zero attached hydrogens (tertiary/aromatic N) is 1. The normalized spacial score (nSPS) is 9.18. The van der Waals surface area contributed by atoms with E-state index in [0.717, 1.165) is 11.3 Å². The van der Waals surface area contributed by atoms with Crippen LogP contribution >= 0.6 is 0 Å². The summed E-state index contributed by atoms with van der Waals surface area (Å²) in [6.07, 6.45) is 2.39. The number of carbonyl (C=O) groups is 1. The zero-order valence-electron chi connectivity index (χ0n) is 6.37. The first-order valence-electron chi connectivity index (χ1n) is 3.42. The third-order valence-electron chi connectivity index (χ3n) is 1.47. The fraction of sp³-hybridized carbons (Fsp3) is 0.250. The molecule has 1 aromatic heterocycles. The van der Waals surface area contributed by atoms with Gasteiger partial charge in [0, 0.05) is 6.20 Å². The maximum atomic E-state index is 9.95. The summed E-state index contributed by atoms with van der Waals surface area (Å²) >= 11 is 0. The second-order valence-electron chi connectivity index (χ2n) is 2.27. The molecule has 0 bridgehead atoms. The van der Waals surface area contributed by atoms with Crippen molar-refractivity contribution in [3.8, 4) is 0 Å². The maximum Gasteiger partial charge on any atom is 0.207 e. The van der Waals surface area contributed by atoms with Crippen LogP contribution in [-0.4, -0.2) is 11.4 Å². The SMILES string of the molecule is Cc1cccnc1CNC=O. The molecule has 0 aromatic carbocycles. The zero-order valence-corrected chi connectivity index (χ0v) is 6.37. The summed E-state index contributed by atoms with van der Waals surface area (Å²) in [6.45, 7) is 2.48. The number of aryl methyl sites for hydroxylation is 1.